The second-order valence-corrected chi connectivity index (χ2v) is 11.6. The molecule has 0 radical (unpaired) electrons. The van der Waals surface area contributed by atoms with Gasteiger partial charge in [0.25, 0.3) is 0 Å². The smallest absolute Gasteiger partial charge is 0.192 e. The minimum Gasteiger partial charge on any atom is -0.414 e. The zero-order valence-electron chi connectivity index (χ0n) is 12.9. The highest BCUT2D eigenvalue weighted by Crippen LogP contribution is 2.40. The highest BCUT2D eigenvalue weighted by Gasteiger charge is 2.42. The standard InChI is InChI=1S/C12H24N6OSi/c1-12(2,3)20(4,5)19-10-8-6-7-9(15-17-13)11(10)16-18-14/h9-11H,6-8H2,1-5H3/t9-,10+,11-/m0/s1. The molecule has 0 spiro atoms. The number of rotatable bonds is 4. The van der Waals surface area contributed by atoms with Gasteiger partial charge < -0.3 is 4.43 Å². The Bertz CT molecular complexity index is 434. The zero-order valence-corrected chi connectivity index (χ0v) is 13.9. The van der Waals surface area contributed by atoms with Crippen molar-refractivity contribution >= 4 is 8.32 Å². The maximum Gasteiger partial charge on any atom is 0.192 e. The van der Waals surface area contributed by atoms with Crippen molar-refractivity contribution in [1.29, 1.82) is 0 Å². The van der Waals surface area contributed by atoms with E-state index in [9.17, 15) is 0 Å². The molecule has 0 heterocycles. The van der Waals surface area contributed by atoms with Gasteiger partial charge in [0, 0.05) is 15.9 Å². The molecule has 20 heavy (non-hydrogen) atoms. The van der Waals surface area contributed by atoms with E-state index in [1.807, 2.05) is 0 Å². The third-order valence-corrected chi connectivity index (χ3v) is 8.91. The summed E-state index contributed by atoms with van der Waals surface area (Å²) in [5, 5.41) is 7.72. The van der Waals surface area contributed by atoms with Crippen LogP contribution in [0.15, 0.2) is 10.2 Å². The largest absolute Gasteiger partial charge is 0.414 e. The molecule has 0 aromatic rings. The Balaban J connectivity index is 2.96. The van der Waals surface area contributed by atoms with Gasteiger partial charge in [-0.25, -0.2) is 0 Å². The summed E-state index contributed by atoms with van der Waals surface area (Å²) >= 11 is 0. The average Bonchev–Trinajstić information content (AvgIpc) is 2.32. The summed E-state index contributed by atoms with van der Waals surface area (Å²) in [6.45, 7) is 10.9. The van der Waals surface area contributed by atoms with Crippen molar-refractivity contribution < 1.29 is 4.43 Å². The first kappa shape index (κ1) is 16.9. The quantitative estimate of drug-likeness (QED) is 0.312. The van der Waals surface area contributed by atoms with E-state index in [-0.39, 0.29) is 17.2 Å². The van der Waals surface area contributed by atoms with Crippen LogP contribution in [0.25, 0.3) is 20.9 Å². The molecule has 0 aromatic carbocycles. The summed E-state index contributed by atoms with van der Waals surface area (Å²) in [6, 6.07) is -0.682. The summed E-state index contributed by atoms with van der Waals surface area (Å²) < 4.78 is 6.38. The van der Waals surface area contributed by atoms with Gasteiger partial charge in [0.05, 0.1) is 12.1 Å². The van der Waals surface area contributed by atoms with Crippen LogP contribution in [0.4, 0.5) is 0 Å². The molecule has 1 aliphatic carbocycles. The van der Waals surface area contributed by atoms with Crippen molar-refractivity contribution in [2.24, 2.45) is 10.2 Å². The third-order valence-electron chi connectivity index (χ3n) is 4.40. The van der Waals surface area contributed by atoms with E-state index in [0.29, 0.717) is 0 Å². The highest BCUT2D eigenvalue weighted by molar-refractivity contribution is 6.74. The van der Waals surface area contributed by atoms with Crippen LogP contribution in [0.2, 0.25) is 18.1 Å². The molecule has 112 valence electrons. The summed E-state index contributed by atoms with van der Waals surface area (Å²) in [6.07, 6.45) is 2.40. The van der Waals surface area contributed by atoms with Gasteiger partial charge in [-0.15, -0.1) is 0 Å². The van der Waals surface area contributed by atoms with Crippen molar-refractivity contribution in [3.63, 3.8) is 0 Å². The molecule has 1 fully saturated rings. The van der Waals surface area contributed by atoms with Crippen molar-refractivity contribution in [2.75, 3.05) is 0 Å². The van der Waals surface area contributed by atoms with E-state index < -0.39 is 14.4 Å². The Kier molecular flexibility index (Phi) is 5.47. The van der Waals surface area contributed by atoms with Crippen molar-refractivity contribution in [3.8, 4) is 0 Å². The second kappa shape index (κ2) is 6.50. The molecule has 1 rings (SSSR count). The van der Waals surface area contributed by atoms with Crippen LogP contribution in [0.5, 0.6) is 0 Å². The Morgan fingerprint density at radius 3 is 2.20 bits per heavy atom. The Morgan fingerprint density at radius 1 is 1.10 bits per heavy atom. The molecule has 0 unspecified atom stereocenters. The molecule has 1 aliphatic rings. The topological polar surface area (TPSA) is 107 Å². The first-order chi connectivity index (χ1) is 9.23. The van der Waals surface area contributed by atoms with E-state index >= 15 is 0 Å². The Labute approximate surface area is 121 Å². The molecule has 0 saturated heterocycles. The minimum absolute atomic E-state index is 0.0966. The Hall–Kier alpha value is -1.20. The van der Waals surface area contributed by atoms with Crippen molar-refractivity contribution in [1.82, 2.24) is 0 Å². The van der Waals surface area contributed by atoms with E-state index in [2.05, 4.69) is 53.9 Å². The van der Waals surface area contributed by atoms with Gasteiger partial charge in [-0.2, -0.15) is 0 Å². The highest BCUT2D eigenvalue weighted by atomic mass is 28.4. The van der Waals surface area contributed by atoms with Gasteiger partial charge in [-0.3, -0.25) is 0 Å². The van der Waals surface area contributed by atoms with Gasteiger partial charge in [0.2, 0.25) is 0 Å². The van der Waals surface area contributed by atoms with Crippen molar-refractivity contribution in [3.05, 3.63) is 20.9 Å². The van der Waals surface area contributed by atoms with E-state index in [1.165, 1.54) is 0 Å². The normalized spacial score (nSPS) is 27.4. The van der Waals surface area contributed by atoms with Gasteiger partial charge >= 0.3 is 0 Å². The lowest BCUT2D eigenvalue weighted by molar-refractivity contribution is 0.106. The molecule has 0 aromatic heterocycles. The maximum atomic E-state index is 8.76. The fourth-order valence-electron chi connectivity index (χ4n) is 2.20. The molecule has 0 N–H and O–H groups in total. The molecular weight excluding hydrogens is 272 g/mol. The summed E-state index contributed by atoms with van der Waals surface area (Å²) in [4.78, 5) is 5.78. The molecule has 0 aliphatic heterocycles. The molecule has 8 heteroatoms. The maximum absolute atomic E-state index is 8.76. The van der Waals surface area contributed by atoms with Crippen LogP contribution in [0.1, 0.15) is 40.0 Å². The first-order valence-corrected chi connectivity index (χ1v) is 9.90. The predicted octanol–water partition coefficient (Wildman–Crippen LogP) is 4.92. The summed E-state index contributed by atoms with van der Waals surface area (Å²) in [7, 11) is -1.93. The molecule has 7 nitrogen and oxygen atoms in total. The van der Waals surface area contributed by atoms with Crippen LogP contribution in [-0.4, -0.2) is 26.5 Å². The van der Waals surface area contributed by atoms with Gasteiger partial charge in [0.15, 0.2) is 8.32 Å². The van der Waals surface area contributed by atoms with Gasteiger partial charge in [-0.1, -0.05) is 37.4 Å². The van der Waals surface area contributed by atoms with E-state index in [1.54, 1.807) is 0 Å². The fourth-order valence-corrected chi connectivity index (χ4v) is 3.57. The fraction of sp³-hybridized carbons (Fsp3) is 1.00. The first-order valence-electron chi connectivity index (χ1n) is 6.99. The van der Waals surface area contributed by atoms with E-state index in [0.717, 1.165) is 19.3 Å². The van der Waals surface area contributed by atoms with Crippen LogP contribution in [0.3, 0.4) is 0 Å². The lowest BCUT2D eigenvalue weighted by Gasteiger charge is -2.43. The average molecular weight is 296 g/mol. The van der Waals surface area contributed by atoms with Crippen molar-refractivity contribution in [2.45, 2.75) is 76.4 Å². The number of hydrogen-bond acceptors (Lipinski definition) is 3. The molecule has 0 amide bonds. The number of hydrogen-bond donors (Lipinski definition) is 0. The van der Waals surface area contributed by atoms with Crippen LogP contribution in [0, 0.1) is 0 Å². The Morgan fingerprint density at radius 2 is 1.70 bits per heavy atom. The third kappa shape index (κ3) is 3.90. The summed E-state index contributed by atoms with van der Waals surface area (Å²) in [5.74, 6) is 0. The predicted molar refractivity (Wildman–Crippen MR) is 81.8 cm³/mol. The zero-order chi connectivity index (χ0) is 15.4. The summed E-state index contributed by atoms with van der Waals surface area (Å²) in [5.41, 5.74) is 17.4. The molecular formula is C12H24N6OSi. The van der Waals surface area contributed by atoms with E-state index in [4.69, 9.17) is 15.5 Å². The van der Waals surface area contributed by atoms with Crippen LogP contribution in [-0.2, 0) is 4.43 Å². The second-order valence-electron chi connectivity index (χ2n) is 6.82. The molecule has 1 saturated carbocycles. The van der Waals surface area contributed by atoms with Gasteiger partial charge in [0.1, 0.15) is 0 Å². The van der Waals surface area contributed by atoms with Crippen LogP contribution >= 0.6 is 0 Å². The molecule has 3 atom stereocenters. The van der Waals surface area contributed by atoms with Gasteiger partial charge in [-0.05, 0) is 42.0 Å². The number of nitrogens with zero attached hydrogens (tertiary/aromatic N) is 6. The molecule has 0 bridgehead atoms. The lowest BCUT2D eigenvalue weighted by Crippen LogP contribution is -2.50. The monoisotopic (exact) mass is 296 g/mol. The lowest BCUT2D eigenvalue weighted by atomic mass is 9.89. The SMILES string of the molecule is CC(C)(C)[Si](C)(C)O[C@@H]1CCC[C@H](N=[N+]=[N-])[C@@H]1N=[N+]=[N-]. The minimum atomic E-state index is -1.93. The van der Waals surface area contributed by atoms with Crippen LogP contribution < -0.4 is 0 Å². The number of azide groups is 2.